The van der Waals surface area contributed by atoms with E-state index >= 15 is 0 Å². The summed E-state index contributed by atoms with van der Waals surface area (Å²) in [5.41, 5.74) is 0.833. The van der Waals surface area contributed by atoms with Crippen LogP contribution in [-0.4, -0.2) is 42.6 Å². The number of likely N-dealkylation sites (N-methyl/N-ethyl adjacent to an activating group) is 1. The molecule has 0 aliphatic rings. The molecule has 120 valence electrons. The van der Waals surface area contributed by atoms with Crippen molar-refractivity contribution in [2.45, 2.75) is 32.9 Å². The Hall–Kier alpha value is -0.710. The van der Waals surface area contributed by atoms with Crippen LogP contribution in [0.15, 0.2) is 30.3 Å². The van der Waals surface area contributed by atoms with Crippen LogP contribution < -0.4 is 0 Å². The highest BCUT2D eigenvalue weighted by Gasteiger charge is 2.30. The third kappa shape index (κ3) is 5.53. The standard InChI is InChI=1S/C15H26NO4P/c1-5-19-21(18,20-6-2)12-16(4)13(3)15(17)14-10-8-7-9-11-14/h7-11,13,15,17H,5-6,12H2,1-4H3/t13-,15+/m0/s1. The Balaban J connectivity index is 2.73. The third-order valence-electron chi connectivity index (χ3n) is 3.34. The van der Waals surface area contributed by atoms with Crippen molar-refractivity contribution in [3.05, 3.63) is 35.9 Å². The summed E-state index contributed by atoms with van der Waals surface area (Å²) < 4.78 is 23.1. The molecular formula is C15H26NO4P. The second-order valence-electron chi connectivity index (χ2n) is 4.94. The maximum Gasteiger partial charge on any atom is 0.344 e. The molecular weight excluding hydrogens is 289 g/mol. The van der Waals surface area contributed by atoms with E-state index in [1.807, 2.05) is 49.2 Å². The van der Waals surface area contributed by atoms with Gasteiger partial charge in [0.1, 0.15) is 6.29 Å². The fourth-order valence-corrected chi connectivity index (χ4v) is 3.91. The maximum absolute atomic E-state index is 12.5. The minimum atomic E-state index is -3.15. The molecule has 0 amide bonds. The van der Waals surface area contributed by atoms with Crippen LogP contribution in [-0.2, 0) is 13.6 Å². The molecule has 0 radical (unpaired) electrons. The highest BCUT2D eigenvalue weighted by atomic mass is 31.2. The van der Waals surface area contributed by atoms with Gasteiger partial charge in [0.05, 0.1) is 19.3 Å². The Morgan fingerprint density at radius 2 is 1.71 bits per heavy atom. The number of nitrogens with zero attached hydrogens (tertiary/aromatic N) is 1. The Morgan fingerprint density at radius 1 is 1.19 bits per heavy atom. The lowest BCUT2D eigenvalue weighted by molar-refractivity contribution is 0.0761. The fourth-order valence-electron chi connectivity index (χ4n) is 2.08. The van der Waals surface area contributed by atoms with Crippen molar-refractivity contribution in [1.82, 2.24) is 4.90 Å². The zero-order valence-electron chi connectivity index (χ0n) is 13.2. The van der Waals surface area contributed by atoms with Crippen molar-refractivity contribution in [2.75, 3.05) is 26.5 Å². The van der Waals surface area contributed by atoms with E-state index in [1.54, 1.807) is 13.8 Å². The van der Waals surface area contributed by atoms with E-state index in [0.717, 1.165) is 5.56 Å². The summed E-state index contributed by atoms with van der Waals surface area (Å²) in [7, 11) is -1.34. The molecule has 1 aromatic carbocycles. The highest BCUT2D eigenvalue weighted by molar-refractivity contribution is 7.53. The van der Waals surface area contributed by atoms with Gasteiger partial charge in [-0.2, -0.15) is 0 Å². The van der Waals surface area contributed by atoms with E-state index < -0.39 is 13.7 Å². The molecule has 0 spiro atoms. The Kier molecular flexibility index (Phi) is 7.57. The molecule has 0 aromatic heterocycles. The van der Waals surface area contributed by atoms with Gasteiger partial charge in [0, 0.05) is 6.04 Å². The van der Waals surface area contributed by atoms with Crippen LogP contribution in [0.25, 0.3) is 0 Å². The van der Waals surface area contributed by atoms with E-state index in [2.05, 4.69) is 0 Å². The number of hydrogen-bond donors (Lipinski definition) is 1. The first-order chi connectivity index (χ1) is 9.93. The Bertz CT molecular complexity index is 444. The normalized spacial score (nSPS) is 15.1. The molecule has 0 heterocycles. The van der Waals surface area contributed by atoms with Gasteiger partial charge in [0.2, 0.25) is 0 Å². The first-order valence-corrected chi connectivity index (χ1v) is 8.97. The number of benzene rings is 1. The molecule has 1 N–H and O–H groups in total. The number of aliphatic hydroxyl groups excluding tert-OH is 1. The Morgan fingerprint density at radius 3 is 2.19 bits per heavy atom. The lowest BCUT2D eigenvalue weighted by atomic mass is 10.0. The van der Waals surface area contributed by atoms with Gasteiger partial charge in [-0.1, -0.05) is 30.3 Å². The molecule has 0 unspecified atom stereocenters. The van der Waals surface area contributed by atoms with Crippen LogP contribution in [0.1, 0.15) is 32.4 Å². The van der Waals surface area contributed by atoms with Crippen LogP contribution in [0.4, 0.5) is 0 Å². The maximum atomic E-state index is 12.5. The van der Waals surface area contributed by atoms with Gasteiger partial charge in [0.25, 0.3) is 0 Å². The summed E-state index contributed by atoms with van der Waals surface area (Å²) >= 11 is 0. The van der Waals surface area contributed by atoms with E-state index in [0.29, 0.717) is 13.2 Å². The molecule has 0 bridgehead atoms. The molecule has 0 fully saturated rings. The third-order valence-corrected chi connectivity index (χ3v) is 5.44. The summed E-state index contributed by atoms with van der Waals surface area (Å²) in [5.74, 6) is 0. The average Bonchev–Trinajstić information content (AvgIpc) is 2.46. The quantitative estimate of drug-likeness (QED) is 0.709. The molecule has 5 nitrogen and oxygen atoms in total. The second-order valence-corrected chi connectivity index (χ2v) is 6.96. The van der Waals surface area contributed by atoms with E-state index in [1.165, 1.54) is 0 Å². The zero-order chi connectivity index (χ0) is 15.9. The molecule has 1 aromatic rings. The number of hydrogen-bond acceptors (Lipinski definition) is 5. The first-order valence-electron chi connectivity index (χ1n) is 7.25. The van der Waals surface area contributed by atoms with E-state index in [-0.39, 0.29) is 12.3 Å². The monoisotopic (exact) mass is 315 g/mol. The van der Waals surface area contributed by atoms with Crippen molar-refractivity contribution >= 4 is 7.60 Å². The van der Waals surface area contributed by atoms with Crippen molar-refractivity contribution in [2.24, 2.45) is 0 Å². The molecule has 0 saturated carbocycles. The van der Waals surface area contributed by atoms with Crippen LogP contribution in [0, 0.1) is 0 Å². The number of rotatable bonds is 9. The molecule has 0 aliphatic heterocycles. The topological polar surface area (TPSA) is 59.0 Å². The van der Waals surface area contributed by atoms with Crippen molar-refractivity contribution < 1.29 is 18.7 Å². The molecule has 0 aliphatic carbocycles. The van der Waals surface area contributed by atoms with Gasteiger partial charge in [0.15, 0.2) is 0 Å². The molecule has 21 heavy (non-hydrogen) atoms. The summed E-state index contributed by atoms with van der Waals surface area (Å²) in [5, 5.41) is 10.4. The highest BCUT2D eigenvalue weighted by Crippen LogP contribution is 2.48. The average molecular weight is 315 g/mol. The largest absolute Gasteiger partial charge is 0.387 e. The van der Waals surface area contributed by atoms with Gasteiger partial charge < -0.3 is 14.2 Å². The molecule has 6 heteroatoms. The lowest BCUT2D eigenvalue weighted by Gasteiger charge is -2.31. The van der Waals surface area contributed by atoms with Crippen LogP contribution in [0.3, 0.4) is 0 Å². The van der Waals surface area contributed by atoms with Crippen LogP contribution >= 0.6 is 7.60 Å². The first kappa shape index (κ1) is 18.3. The zero-order valence-corrected chi connectivity index (χ0v) is 14.1. The minimum absolute atomic E-state index is 0.153. The smallest absolute Gasteiger partial charge is 0.344 e. The van der Waals surface area contributed by atoms with Gasteiger partial charge in [-0.05, 0) is 33.4 Å². The van der Waals surface area contributed by atoms with Gasteiger partial charge in [-0.15, -0.1) is 0 Å². The molecule has 0 saturated heterocycles. The van der Waals surface area contributed by atoms with Crippen molar-refractivity contribution in [3.63, 3.8) is 0 Å². The molecule has 1 rings (SSSR count). The fraction of sp³-hybridized carbons (Fsp3) is 0.600. The van der Waals surface area contributed by atoms with Crippen LogP contribution in [0.5, 0.6) is 0 Å². The van der Waals surface area contributed by atoms with Gasteiger partial charge in [-0.3, -0.25) is 9.46 Å². The predicted octanol–water partition coefficient (Wildman–Crippen LogP) is 3.26. The summed E-state index contributed by atoms with van der Waals surface area (Å²) in [6, 6.07) is 9.22. The van der Waals surface area contributed by atoms with Crippen LogP contribution in [0.2, 0.25) is 0 Å². The van der Waals surface area contributed by atoms with Crippen molar-refractivity contribution in [3.8, 4) is 0 Å². The summed E-state index contributed by atoms with van der Waals surface area (Å²) in [6.07, 6.45) is -0.507. The SMILES string of the molecule is CCOP(=O)(CN(C)[C@@H](C)[C@@H](O)c1ccccc1)OCC. The molecule has 2 atom stereocenters. The van der Waals surface area contributed by atoms with Gasteiger partial charge >= 0.3 is 7.60 Å². The van der Waals surface area contributed by atoms with E-state index in [9.17, 15) is 9.67 Å². The van der Waals surface area contributed by atoms with Crippen molar-refractivity contribution in [1.29, 1.82) is 0 Å². The Labute approximate surface area is 127 Å². The summed E-state index contributed by atoms with van der Waals surface area (Å²) in [4.78, 5) is 1.81. The lowest BCUT2D eigenvalue weighted by Crippen LogP contribution is -2.35. The number of aliphatic hydroxyl groups is 1. The second kappa shape index (κ2) is 8.66. The summed E-state index contributed by atoms with van der Waals surface area (Å²) in [6.45, 7) is 6.13. The minimum Gasteiger partial charge on any atom is -0.387 e. The van der Waals surface area contributed by atoms with Gasteiger partial charge in [-0.25, -0.2) is 0 Å². The predicted molar refractivity (Wildman–Crippen MR) is 84.4 cm³/mol. The van der Waals surface area contributed by atoms with E-state index in [4.69, 9.17) is 9.05 Å².